The lowest BCUT2D eigenvalue weighted by Crippen LogP contribution is -2.70. The van der Waals surface area contributed by atoms with E-state index in [2.05, 4.69) is 0 Å². The number of hydrogen-bond donors (Lipinski definition) is 0. The van der Waals surface area contributed by atoms with E-state index in [-0.39, 0.29) is 0 Å². The van der Waals surface area contributed by atoms with Crippen LogP contribution in [0.4, 0.5) is 70.2 Å². The van der Waals surface area contributed by atoms with Crippen molar-refractivity contribution in [1.29, 1.82) is 0 Å². The van der Waals surface area contributed by atoms with Crippen LogP contribution in [0.3, 0.4) is 0 Å². The molecule has 1 unspecified atom stereocenters. The maximum absolute atomic E-state index is 12.9. The van der Waals surface area contributed by atoms with Crippen LogP contribution in [-0.4, -0.2) is 46.8 Å². The van der Waals surface area contributed by atoms with Gasteiger partial charge in [-0.05, 0) is 15.9 Å². The molecule has 0 aromatic heterocycles. The van der Waals surface area contributed by atoms with Crippen molar-refractivity contribution in [3.63, 3.8) is 0 Å². The normalized spacial score (nSPS) is 17.6. The predicted molar refractivity (Wildman–Crippen MR) is 49.6 cm³/mol. The van der Waals surface area contributed by atoms with Crippen molar-refractivity contribution in [2.75, 3.05) is 0 Å². The minimum Gasteiger partial charge on any atom is -0.233 e. The van der Waals surface area contributed by atoms with Gasteiger partial charge in [-0.3, -0.25) is 0 Å². The van der Waals surface area contributed by atoms with E-state index in [1.807, 2.05) is 0 Å². The van der Waals surface area contributed by atoms with Crippen molar-refractivity contribution in [2.24, 2.45) is 0 Å². The highest BCUT2D eigenvalue weighted by Gasteiger charge is 2.89. The molecule has 0 aliphatic rings. The highest BCUT2D eigenvalue weighted by Crippen LogP contribution is 2.61. The third-order valence-corrected chi connectivity index (χ3v) is 3.08. The third-order valence-electron chi connectivity index (χ3n) is 2.58. The number of halogens is 17. The maximum Gasteiger partial charge on any atom is 0.456 e. The molecule has 1 atom stereocenters. The Morgan fingerprint density at radius 2 is 0.800 bits per heavy atom. The molecule has 0 aliphatic carbocycles. The van der Waals surface area contributed by atoms with Gasteiger partial charge in [0.15, 0.2) is 0 Å². The van der Waals surface area contributed by atoms with Crippen LogP contribution in [0.25, 0.3) is 0 Å². The lowest BCUT2D eigenvalue weighted by Gasteiger charge is -2.40. The first-order chi connectivity index (χ1) is 10.4. The monoisotopic (exact) mass is 480 g/mol. The van der Waals surface area contributed by atoms with Gasteiger partial charge >= 0.3 is 40.6 Å². The molecule has 0 nitrogen and oxygen atoms in total. The summed E-state index contributed by atoms with van der Waals surface area (Å²) in [6, 6.07) is 0. The Morgan fingerprint density at radius 3 is 1.04 bits per heavy atom. The van der Waals surface area contributed by atoms with Crippen LogP contribution < -0.4 is 0 Å². The summed E-state index contributed by atoms with van der Waals surface area (Å²) in [6.07, 6.45) is -13.8. The lowest BCUT2D eigenvalue weighted by molar-refractivity contribution is -0.414. The molecule has 17 heteroatoms. The quantitative estimate of drug-likeness (QED) is 0.320. The van der Waals surface area contributed by atoms with Crippen molar-refractivity contribution in [3.05, 3.63) is 0 Å². The molecule has 152 valence electrons. The Labute approximate surface area is 134 Å². The van der Waals surface area contributed by atoms with Crippen LogP contribution in [0, 0.1) is 0 Å². The number of hydrogen-bond acceptors (Lipinski definition) is 0. The summed E-state index contributed by atoms with van der Waals surface area (Å²) in [6.45, 7) is 0. The van der Waals surface area contributed by atoms with Gasteiger partial charge in [0.2, 0.25) is 6.17 Å². The fraction of sp³-hybridized carbons (Fsp3) is 1.00. The highest BCUT2D eigenvalue weighted by molar-refractivity contribution is 9.10. The molecular weight excluding hydrogens is 480 g/mol. The van der Waals surface area contributed by atoms with E-state index in [1.54, 1.807) is 0 Å². The average molecular weight is 481 g/mol. The summed E-state index contributed by atoms with van der Waals surface area (Å²) >= 11 is 0.440. The summed E-state index contributed by atoms with van der Waals surface area (Å²) in [5.74, 6) is -38.8. The number of rotatable bonds is 6. The topological polar surface area (TPSA) is 0 Å². The fourth-order valence-corrected chi connectivity index (χ4v) is 1.36. The molecule has 0 fully saturated rings. The third kappa shape index (κ3) is 3.36. The molecule has 0 radical (unpaired) electrons. The molecule has 0 aromatic rings. The lowest BCUT2D eigenvalue weighted by atomic mass is 9.93. The Bertz CT molecular complexity index is 483. The Balaban J connectivity index is 6.32. The zero-order chi connectivity index (χ0) is 21.1. The van der Waals surface area contributed by atoms with E-state index in [4.69, 9.17) is 0 Å². The first-order valence-corrected chi connectivity index (χ1v) is 5.86. The fourth-order valence-electron chi connectivity index (χ4n) is 1.12. The van der Waals surface area contributed by atoms with Gasteiger partial charge in [-0.2, -0.15) is 65.9 Å². The standard InChI is InChI=1S/C8HBrF16/c9-7(21,22)6(19,20)5(17,18)4(15,16)2(11,12)1(10)3(13,14)8(23,24)25/h1H. The second-order valence-corrected chi connectivity index (χ2v) is 5.32. The van der Waals surface area contributed by atoms with E-state index in [1.165, 1.54) is 0 Å². The van der Waals surface area contributed by atoms with Crippen LogP contribution in [-0.2, 0) is 0 Å². The second kappa shape index (κ2) is 5.94. The first-order valence-electron chi connectivity index (χ1n) is 5.07. The van der Waals surface area contributed by atoms with Crippen LogP contribution in [0.1, 0.15) is 0 Å². The average Bonchev–Trinajstić information content (AvgIpc) is 2.34. The molecule has 0 rings (SSSR count). The SMILES string of the molecule is FC(C(F)(F)C(F)(F)F)C(F)(F)C(F)(F)C(F)(F)C(F)(F)C(F)(F)Br. The van der Waals surface area contributed by atoms with E-state index >= 15 is 0 Å². The van der Waals surface area contributed by atoms with Gasteiger partial charge in [0.05, 0.1) is 0 Å². The molecule has 0 saturated carbocycles. The Morgan fingerprint density at radius 1 is 0.480 bits per heavy atom. The summed E-state index contributed by atoms with van der Waals surface area (Å²) in [4.78, 5) is -6.36. The predicted octanol–water partition coefficient (Wildman–Crippen LogP) is 6.05. The minimum atomic E-state index is -8.10. The van der Waals surface area contributed by atoms with E-state index in [9.17, 15) is 70.2 Å². The van der Waals surface area contributed by atoms with Gasteiger partial charge in [0.1, 0.15) is 0 Å². The van der Waals surface area contributed by atoms with Gasteiger partial charge in [0, 0.05) is 0 Å². The Hall–Kier alpha value is -0.640. The van der Waals surface area contributed by atoms with Gasteiger partial charge in [-0.1, -0.05) is 0 Å². The zero-order valence-corrected chi connectivity index (χ0v) is 12.1. The summed E-state index contributed by atoms with van der Waals surface area (Å²) in [5.41, 5.74) is 0. The van der Waals surface area contributed by atoms with Crippen LogP contribution in [0.5, 0.6) is 0 Å². The summed E-state index contributed by atoms with van der Waals surface area (Å²) in [5, 5.41) is 0. The van der Waals surface area contributed by atoms with E-state index in [0.29, 0.717) is 15.9 Å². The molecule has 0 aliphatic heterocycles. The molecule has 0 heterocycles. The van der Waals surface area contributed by atoms with Gasteiger partial charge in [0.25, 0.3) is 0 Å². The van der Waals surface area contributed by atoms with Gasteiger partial charge in [-0.25, -0.2) is 4.39 Å². The Kier molecular flexibility index (Phi) is 5.78. The molecule has 0 aromatic carbocycles. The van der Waals surface area contributed by atoms with Crippen molar-refractivity contribution < 1.29 is 70.2 Å². The van der Waals surface area contributed by atoms with Gasteiger partial charge in [-0.15, -0.1) is 0 Å². The number of alkyl halides is 17. The van der Waals surface area contributed by atoms with Crippen molar-refractivity contribution in [1.82, 2.24) is 0 Å². The van der Waals surface area contributed by atoms with Crippen LogP contribution >= 0.6 is 15.9 Å². The van der Waals surface area contributed by atoms with Crippen molar-refractivity contribution >= 4 is 15.9 Å². The zero-order valence-electron chi connectivity index (χ0n) is 10.5. The van der Waals surface area contributed by atoms with Crippen molar-refractivity contribution in [2.45, 2.75) is 46.8 Å². The first kappa shape index (κ1) is 24.4. The molecule has 0 saturated heterocycles. The van der Waals surface area contributed by atoms with Crippen LogP contribution in [0.15, 0.2) is 0 Å². The molecule has 25 heavy (non-hydrogen) atoms. The molecule has 0 bridgehead atoms. The smallest absolute Gasteiger partial charge is 0.233 e. The molecule has 0 amide bonds. The molecule has 0 spiro atoms. The molecule has 0 N–H and O–H groups in total. The van der Waals surface area contributed by atoms with Crippen molar-refractivity contribution in [3.8, 4) is 0 Å². The second-order valence-electron chi connectivity index (χ2n) is 4.33. The van der Waals surface area contributed by atoms with Crippen LogP contribution in [0.2, 0.25) is 0 Å². The van der Waals surface area contributed by atoms with Gasteiger partial charge < -0.3 is 0 Å². The highest BCUT2D eigenvalue weighted by atomic mass is 79.9. The van der Waals surface area contributed by atoms with E-state index in [0.717, 1.165) is 0 Å². The maximum atomic E-state index is 12.9. The van der Waals surface area contributed by atoms with E-state index < -0.39 is 46.8 Å². The minimum absolute atomic E-state index is 0.440. The summed E-state index contributed by atoms with van der Waals surface area (Å²) < 4.78 is 199. The summed E-state index contributed by atoms with van der Waals surface area (Å²) in [7, 11) is 0. The largest absolute Gasteiger partial charge is 0.456 e. The molecular formula is C8HBrF16.